The molecule has 0 unspecified atom stereocenters. The first kappa shape index (κ1) is 15.4. The zero-order valence-corrected chi connectivity index (χ0v) is 12.9. The van der Waals surface area contributed by atoms with E-state index in [0.717, 1.165) is 5.56 Å². The average molecular weight is 303 g/mol. The van der Waals surface area contributed by atoms with Crippen LogP contribution in [0.3, 0.4) is 0 Å². The molecule has 0 aliphatic carbocycles. The Kier molecular flexibility index (Phi) is 4.56. The molecule has 0 spiro atoms. The van der Waals surface area contributed by atoms with E-state index >= 15 is 0 Å². The third kappa shape index (κ3) is 2.89. The minimum atomic E-state index is -3.70. The fraction of sp³-hybridized carbons (Fsp3) is 0.333. The van der Waals surface area contributed by atoms with Crippen molar-refractivity contribution in [2.75, 3.05) is 13.1 Å². The second kappa shape index (κ2) is 6.20. The molecule has 2 aromatic rings. The largest absolute Gasteiger partial charge is 0.256 e. The summed E-state index contributed by atoms with van der Waals surface area (Å²) in [5.41, 5.74) is 1.60. The maximum Gasteiger partial charge on any atom is 0.244 e. The van der Waals surface area contributed by atoms with Crippen LogP contribution in [-0.2, 0) is 10.0 Å². The number of hydrogen-bond acceptors (Lipinski definition) is 4. The Morgan fingerprint density at radius 1 is 1.33 bits per heavy atom. The van der Waals surface area contributed by atoms with Gasteiger partial charge in [0.25, 0.3) is 0 Å². The van der Waals surface area contributed by atoms with Crippen molar-refractivity contribution in [3.05, 3.63) is 36.0 Å². The van der Waals surface area contributed by atoms with Gasteiger partial charge in [-0.25, -0.2) is 8.42 Å². The van der Waals surface area contributed by atoms with Crippen LogP contribution in [0.15, 0.2) is 35.4 Å². The molecule has 0 radical (unpaired) electrons. The van der Waals surface area contributed by atoms with Gasteiger partial charge < -0.3 is 0 Å². The Morgan fingerprint density at radius 3 is 2.76 bits per heavy atom. The van der Waals surface area contributed by atoms with Crippen LogP contribution >= 0.6 is 0 Å². The Morgan fingerprint density at radius 2 is 2.10 bits per heavy atom. The van der Waals surface area contributed by atoms with Gasteiger partial charge in [-0.05, 0) is 37.1 Å². The summed E-state index contributed by atoms with van der Waals surface area (Å²) in [4.78, 5) is 4.47. The molecule has 6 heteroatoms. The van der Waals surface area contributed by atoms with Crippen LogP contribution < -0.4 is 0 Å². The molecule has 0 saturated heterocycles. The van der Waals surface area contributed by atoms with Gasteiger partial charge in [-0.15, -0.1) is 0 Å². The van der Waals surface area contributed by atoms with Gasteiger partial charge in [0.2, 0.25) is 10.0 Å². The van der Waals surface area contributed by atoms with Crippen molar-refractivity contribution < 1.29 is 8.42 Å². The second-order valence-corrected chi connectivity index (χ2v) is 6.68. The number of hydrogen-bond donors (Lipinski definition) is 0. The summed E-state index contributed by atoms with van der Waals surface area (Å²) in [5, 5.41) is 9.46. The van der Waals surface area contributed by atoms with Gasteiger partial charge in [0.1, 0.15) is 6.54 Å². The van der Waals surface area contributed by atoms with Crippen molar-refractivity contribution in [3.63, 3.8) is 0 Å². The van der Waals surface area contributed by atoms with Crippen LogP contribution in [0.1, 0.15) is 18.9 Å². The van der Waals surface area contributed by atoms with E-state index in [4.69, 9.17) is 5.26 Å². The highest BCUT2D eigenvalue weighted by atomic mass is 32.2. The minimum absolute atomic E-state index is 0.147. The number of aryl methyl sites for hydroxylation is 1. The molecule has 2 rings (SSSR count). The first-order valence-corrected chi connectivity index (χ1v) is 8.17. The van der Waals surface area contributed by atoms with Gasteiger partial charge in [0.15, 0.2) is 0 Å². The third-order valence-electron chi connectivity index (χ3n) is 3.27. The van der Waals surface area contributed by atoms with E-state index in [1.165, 1.54) is 4.31 Å². The van der Waals surface area contributed by atoms with E-state index in [2.05, 4.69) is 4.98 Å². The number of rotatable bonds is 5. The number of nitriles is 1. The highest BCUT2D eigenvalue weighted by Crippen LogP contribution is 2.26. The quantitative estimate of drug-likeness (QED) is 0.795. The van der Waals surface area contributed by atoms with Crippen LogP contribution in [0, 0.1) is 18.3 Å². The molecule has 0 aliphatic heterocycles. The van der Waals surface area contributed by atoms with E-state index in [0.29, 0.717) is 23.9 Å². The molecule has 1 aromatic carbocycles. The van der Waals surface area contributed by atoms with E-state index in [1.807, 2.05) is 19.9 Å². The fourth-order valence-corrected chi connectivity index (χ4v) is 3.88. The van der Waals surface area contributed by atoms with Gasteiger partial charge in [0.05, 0.1) is 16.5 Å². The Balaban J connectivity index is 2.65. The molecular weight excluding hydrogens is 286 g/mol. The molecule has 0 amide bonds. The lowest BCUT2D eigenvalue weighted by Crippen LogP contribution is -2.32. The van der Waals surface area contributed by atoms with Crippen LogP contribution in [0.2, 0.25) is 0 Å². The normalized spacial score (nSPS) is 11.7. The van der Waals surface area contributed by atoms with E-state index < -0.39 is 10.0 Å². The van der Waals surface area contributed by atoms with Crippen molar-refractivity contribution in [1.82, 2.24) is 9.29 Å². The van der Waals surface area contributed by atoms with Gasteiger partial charge in [0, 0.05) is 18.1 Å². The van der Waals surface area contributed by atoms with Gasteiger partial charge in [-0.3, -0.25) is 4.98 Å². The summed E-state index contributed by atoms with van der Waals surface area (Å²) in [6.45, 7) is 3.96. The van der Waals surface area contributed by atoms with Crippen LogP contribution in [0.4, 0.5) is 0 Å². The van der Waals surface area contributed by atoms with Crippen molar-refractivity contribution in [3.8, 4) is 6.07 Å². The smallest absolute Gasteiger partial charge is 0.244 e. The molecule has 5 nitrogen and oxygen atoms in total. The number of benzene rings is 1. The summed E-state index contributed by atoms with van der Waals surface area (Å²) >= 11 is 0. The Hall–Kier alpha value is -1.97. The highest BCUT2D eigenvalue weighted by molar-refractivity contribution is 7.89. The number of pyridine rings is 1. The molecule has 0 saturated carbocycles. The minimum Gasteiger partial charge on any atom is -0.256 e. The van der Waals surface area contributed by atoms with Crippen molar-refractivity contribution in [2.24, 2.45) is 0 Å². The van der Waals surface area contributed by atoms with E-state index in [-0.39, 0.29) is 11.4 Å². The number of nitrogens with zero attached hydrogens (tertiary/aromatic N) is 3. The number of sulfonamides is 1. The topological polar surface area (TPSA) is 74.1 Å². The number of aromatic nitrogens is 1. The molecule has 0 aliphatic rings. The molecule has 21 heavy (non-hydrogen) atoms. The fourth-order valence-electron chi connectivity index (χ4n) is 2.26. The first-order chi connectivity index (χ1) is 10.0. The second-order valence-electron chi connectivity index (χ2n) is 4.78. The molecule has 0 N–H and O–H groups in total. The lowest BCUT2D eigenvalue weighted by molar-refractivity contribution is 0.445. The van der Waals surface area contributed by atoms with E-state index in [9.17, 15) is 8.42 Å². The lowest BCUT2D eigenvalue weighted by Gasteiger charge is -2.19. The van der Waals surface area contributed by atoms with Crippen molar-refractivity contribution >= 4 is 20.9 Å². The predicted molar refractivity (Wildman–Crippen MR) is 81.1 cm³/mol. The molecule has 0 fully saturated rings. The molecule has 110 valence electrons. The average Bonchev–Trinajstić information content (AvgIpc) is 2.47. The molecule has 1 aromatic heterocycles. The zero-order chi connectivity index (χ0) is 15.5. The van der Waals surface area contributed by atoms with Gasteiger partial charge in [-0.2, -0.15) is 9.57 Å². The summed E-state index contributed by atoms with van der Waals surface area (Å²) in [6.07, 6.45) is 2.30. The predicted octanol–water partition coefficient (Wildman–Crippen LogP) is 2.47. The maximum absolute atomic E-state index is 12.8. The maximum atomic E-state index is 12.8. The van der Waals surface area contributed by atoms with Crippen molar-refractivity contribution in [1.29, 1.82) is 5.26 Å². The standard InChI is InChI=1S/C15H17N3O2S/c1-3-10-18(11-8-16)21(19,20)14-7-6-12(2)15-13(14)5-4-9-17-15/h4-7,9H,3,10-11H2,1-2H3. The SMILES string of the molecule is CCCN(CC#N)S(=O)(=O)c1ccc(C)c2ncccc12. The molecule has 0 bridgehead atoms. The van der Waals surface area contributed by atoms with Crippen LogP contribution in [-0.4, -0.2) is 30.8 Å². The number of fused-ring (bicyclic) bond motifs is 1. The van der Waals surface area contributed by atoms with Crippen LogP contribution in [0.5, 0.6) is 0 Å². The highest BCUT2D eigenvalue weighted by Gasteiger charge is 2.25. The van der Waals surface area contributed by atoms with Crippen LogP contribution in [0.25, 0.3) is 10.9 Å². The van der Waals surface area contributed by atoms with Crippen molar-refractivity contribution in [2.45, 2.75) is 25.2 Å². The molecular formula is C15H17N3O2S. The third-order valence-corrected chi connectivity index (χ3v) is 5.17. The Labute approximate surface area is 124 Å². The zero-order valence-electron chi connectivity index (χ0n) is 12.1. The molecule has 0 atom stereocenters. The summed E-state index contributed by atoms with van der Waals surface area (Å²) in [6, 6.07) is 8.73. The Bertz CT molecular complexity index is 794. The van der Waals surface area contributed by atoms with E-state index in [1.54, 1.807) is 30.5 Å². The van der Waals surface area contributed by atoms with Gasteiger partial charge >= 0.3 is 0 Å². The monoisotopic (exact) mass is 303 g/mol. The summed E-state index contributed by atoms with van der Waals surface area (Å²) < 4.78 is 26.8. The molecule has 1 heterocycles. The first-order valence-electron chi connectivity index (χ1n) is 6.73. The van der Waals surface area contributed by atoms with Gasteiger partial charge in [-0.1, -0.05) is 13.0 Å². The lowest BCUT2D eigenvalue weighted by atomic mass is 10.1. The summed E-state index contributed by atoms with van der Waals surface area (Å²) in [5.74, 6) is 0. The summed E-state index contributed by atoms with van der Waals surface area (Å²) in [7, 11) is -3.70.